The molecule has 5 rings (SSSR count). The highest BCUT2D eigenvalue weighted by Crippen LogP contribution is 2.34. The Morgan fingerprint density at radius 2 is 1.97 bits per heavy atom. The SMILES string of the molecule is O=C(CN1CCOCC1)Nc1ccc2c(=O)c3c(oc2c1)C(=Cc1cccc(Cl)c1)CC3. The smallest absolute Gasteiger partial charge is 0.238 e. The summed E-state index contributed by atoms with van der Waals surface area (Å²) >= 11 is 6.11. The van der Waals surface area contributed by atoms with Gasteiger partial charge >= 0.3 is 0 Å². The number of ether oxygens (including phenoxy) is 1. The van der Waals surface area contributed by atoms with Crippen molar-refractivity contribution in [2.75, 3.05) is 38.2 Å². The van der Waals surface area contributed by atoms with Crippen LogP contribution in [0.25, 0.3) is 22.6 Å². The van der Waals surface area contributed by atoms with Gasteiger partial charge in [-0.05, 0) is 54.3 Å². The van der Waals surface area contributed by atoms with Gasteiger partial charge in [0.05, 0.1) is 25.1 Å². The van der Waals surface area contributed by atoms with Gasteiger partial charge in [0.1, 0.15) is 11.3 Å². The van der Waals surface area contributed by atoms with Crippen LogP contribution in [-0.2, 0) is 16.0 Å². The van der Waals surface area contributed by atoms with Gasteiger partial charge in [-0.25, -0.2) is 0 Å². The zero-order valence-electron chi connectivity index (χ0n) is 17.5. The van der Waals surface area contributed by atoms with E-state index in [1.165, 1.54) is 0 Å². The molecule has 0 spiro atoms. The Hall–Kier alpha value is -2.93. The maximum atomic E-state index is 13.1. The molecule has 1 saturated heterocycles. The summed E-state index contributed by atoms with van der Waals surface area (Å²) in [6.07, 6.45) is 3.40. The lowest BCUT2D eigenvalue weighted by molar-refractivity contribution is -0.118. The van der Waals surface area contributed by atoms with Gasteiger partial charge in [-0.3, -0.25) is 14.5 Å². The van der Waals surface area contributed by atoms with Gasteiger partial charge in [-0.1, -0.05) is 23.7 Å². The summed E-state index contributed by atoms with van der Waals surface area (Å²) in [6.45, 7) is 3.08. The number of fused-ring (bicyclic) bond motifs is 2. The summed E-state index contributed by atoms with van der Waals surface area (Å²) < 4.78 is 11.5. The topological polar surface area (TPSA) is 71.8 Å². The van der Waals surface area contributed by atoms with E-state index in [4.69, 9.17) is 20.8 Å². The Morgan fingerprint density at radius 3 is 2.78 bits per heavy atom. The lowest BCUT2D eigenvalue weighted by atomic mass is 10.1. The highest BCUT2D eigenvalue weighted by Gasteiger charge is 2.24. The molecule has 0 unspecified atom stereocenters. The summed E-state index contributed by atoms with van der Waals surface area (Å²) in [4.78, 5) is 27.6. The number of anilines is 1. The quantitative estimate of drug-likeness (QED) is 0.644. The number of amides is 1. The molecule has 1 aliphatic carbocycles. The number of carbonyl (C=O) groups excluding carboxylic acids is 1. The summed E-state index contributed by atoms with van der Waals surface area (Å²) in [5, 5.41) is 4.10. The first-order valence-electron chi connectivity index (χ1n) is 10.7. The second kappa shape index (κ2) is 8.90. The molecule has 1 fully saturated rings. The van der Waals surface area contributed by atoms with E-state index in [1.807, 2.05) is 30.3 Å². The number of nitrogens with zero attached hydrogens (tertiary/aromatic N) is 1. The minimum absolute atomic E-state index is 0.0121. The molecule has 6 nitrogen and oxygen atoms in total. The van der Waals surface area contributed by atoms with E-state index in [9.17, 15) is 9.59 Å². The first-order valence-corrected chi connectivity index (χ1v) is 11.1. The Balaban J connectivity index is 1.43. The van der Waals surface area contributed by atoms with Gasteiger partial charge in [0.15, 0.2) is 5.43 Å². The minimum atomic E-state index is -0.101. The number of benzene rings is 2. The third kappa shape index (κ3) is 4.35. The minimum Gasteiger partial charge on any atom is -0.456 e. The van der Waals surface area contributed by atoms with Crippen LogP contribution in [0.3, 0.4) is 0 Å². The molecular weight excluding hydrogens is 428 g/mol. The summed E-state index contributed by atoms with van der Waals surface area (Å²) in [5.74, 6) is 0.524. The lowest BCUT2D eigenvalue weighted by Crippen LogP contribution is -2.41. The Morgan fingerprint density at radius 1 is 1.12 bits per heavy atom. The van der Waals surface area contributed by atoms with Crippen molar-refractivity contribution in [1.29, 1.82) is 0 Å². The first kappa shape index (κ1) is 20.9. The molecule has 0 radical (unpaired) electrons. The number of hydrogen-bond donors (Lipinski definition) is 1. The van der Waals surface area contributed by atoms with E-state index < -0.39 is 0 Å². The number of carbonyl (C=O) groups is 1. The second-order valence-corrected chi connectivity index (χ2v) is 8.55. The van der Waals surface area contributed by atoms with E-state index in [-0.39, 0.29) is 11.3 Å². The zero-order chi connectivity index (χ0) is 22.1. The standard InChI is InChI=1S/C25H23ClN2O4/c26-18-3-1-2-16(13-18)12-17-4-6-21-24(30)20-7-5-19(14-22(20)32-25(17)21)27-23(29)15-28-8-10-31-11-9-28/h1-3,5,7,12-14H,4,6,8-11,15H2,(H,27,29). The molecule has 164 valence electrons. The van der Waals surface area contributed by atoms with Gasteiger partial charge in [-0.15, -0.1) is 0 Å². The van der Waals surface area contributed by atoms with Gasteiger partial charge in [0, 0.05) is 35.4 Å². The van der Waals surface area contributed by atoms with Gasteiger partial charge in [0.2, 0.25) is 5.91 Å². The average molecular weight is 451 g/mol. The van der Waals surface area contributed by atoms with Gasteiger partial charge in [0.25, 0.3) is 0 Å². The average Bonchev–Trinajstić information content (AvgIpc) is 3.17. The van der Waals surface area contributed by atoms with Crippen molar-refractivity contribution in [2.24, 2.45) is 0 Å². The van der Waals surface area contributed by atoms with E-state index in [2.05, 4.69) is 10.2 Å². The second-order valence-electron chi connectivity index (χ2n) is 8.11. The van der Waals surface area contributed by atoms with Crippen molar-refractivity contribution < 1.29 is 13.9 Å². The van der Waals surface area contributed by atoms with Crippen LogP contribution in [-0.4, -0.2) is 43.7 Å². The summed E-state index contributed by atoms with van der Waals surface area (Å²) in [7, 11) is 0. The van der Waals surface area contributed by atoms with Crippen LogP contribution >= 0.6 is 11.6 Å². The molecule has 0 atom stereocenters. The third-order valence-corrected chi connectivity index (χ3v) is 6.10. The number of hydrogen-bond acceptors (Lipinski definition) is 5. The number of nitrogens with one attached hydrogen (secondary N) is 1. The predicted molar refractivity (Wildman–Crippen MR) is 126 cm³/mol. The summed E-state index contributed by atoms with van der Waals surface area (Å²) in [5.41, 5.74) is 3.71. The number of rotatable bonds is 4. The van der Waals surface area contributed by atoms with Crippen LogP contribution in [0.5, 0.6) is 0 Å². The van der Waals surface area contributed by atoms with Crippen LogP contribution in [0.4, 0.5) is 5.69 Å². The van der Waals surface area contributed by atoms with E-state index >= 15 is 0 Å². The Labute approximate surface area is 190 Å². The predicted octanol–water partition coefficient (Wildman–Crippen LogP) is 4.20. The number of allylic oxidation sites excluding steroid dienone is 1. The fourth-order valence-corrected chi connectivity index (χ4v) is 4.47. The van der Waals surface area contributed by atoms with Crippen molar-refractivity contribution in [2.45, 2.75) is 12.8 Å². The normalized spacial score (nSPS) is 17.6. The van der Waals surface area contributed by atoms with Crippen molar-refractivity contribution in [3.05, 3.63) is 74.6 Å². The summed E-state index contributed by atoms with van der Waals surface area (Å²) in [6, 6.07) is 12.8. The van der Waals surface area contributed by atoms with E-state index in [0.717, 1.165) is 30.6 Å². The molecule has 2 aliphatic rings. The largest absolute Gasteiger partial charge is 0.456 e. The van der Waals surface area contributed by atoms with Crippen LogP contribution in [0.15, 0.2) is 51.7 Å². The molecule has 0 bridgehead atoms. The van der Waals surface area contributed by atoms with E-state index in [0.29, 0.717) is 59.2 Å². The highest BCUT2D eigenvalue weighted by atomic mass is 35.5. The van der Waals surface area contributed by atoms with Crippen molar-refractivity contribution in [1.82, 2.24) is 4.90 Å². The monoisotopic (exact) mass is 450 g/mol. The van der Waals surface area contributed by atoms with Crippen molar-refractivity contribution in [3.8, 4) is 0 Å². The molecule has 2 heterocycles. The molecule has 0 saturated carbocycles. The first-order chi connectivity index (χ1) is 15.6. The molecule has 3 aromatic rings. The highest BCUT2D eigenvalue weighted by molar-refractivity contribution is 6.30. The molecule has 32 heavy (non-hydrogen) atoms. The molecule has 1 amide bonds. The number of morpholine rings is 1. The Kier molecular flexibility index (Phi) is 5.83. The molecule has 1 aromatic heterocycles. The zero-order valence-corrected chi connectivity index (χ0v) is 18.3. The molecule has 1 N–H and O–H groups in total. The fourth-order valence-electron chi connectivity index (χ4n) is 4.27. The molecular formula is C25H23ClN2O4. The maximum Gasteiger partial charge on any atom is 0.238 e. The van der Waals surface area contributed by atoms with Crippen LogP contribution in [0.2, 0.25) is 5.02 Å². The number of halogens is 1. The Bertz CT molecular complexity index is 1270. The van der Waals surface area contributed by atoms with Gasteiger partial charge in [-0.2, -0.15) is 0 Å². The fraction of sp³-hybridized carbons (Fsp3) is 0.280. The molecule has 7 heteroatoms. The lowest BCUT2D eigenvalue weighted by Gasteiger charge is -2.25. The van der Waals surface area contributed by atoms with Gasteiger partial charge < -0.3 is 14.5 Å². The maximum absolute atomic E-state index is 13.1. The van der Waals surface area contributed by atoms with Crippen molar-refractivity contribution >= 4 is 45.8 Å². The van der Waals surface area contributed by atoms with Crippen LogP contribution < -0.4 is 10.7 Å². The molecule has 2 aromatic carbocycles. The third-order valence-electron chi connectivity index (χ3n) is 5.87. The van der Waals surface area contributed by atoms with Crippen LogP contribution in [0.1, 0.15) is 23.3 Å². The molecule has 1 aliphatic heterocycles. The van der Waals surface area contributed by atoms with E-state index in [1.54, 1.807) is 18.2 Å². The van der Waals surface area contributed by atoms with Crippen LogP contribution in [0, 0.1) is 0 Å². The van der Waals surface area contributed by atoms with Crippen molar-refractivity contribution in [3.63, 3.8) is 0 Å².